The molecule has 3 heteroatoms. The van der Waals surface area contributed by atoms with Gasteiger partial charge >= 0.3 is 0 Å². The van der Waals surface area contributed by atoms with Gasteiger partial charge in [-0.1, -0.05) is 0 Å². The van der Waals surface area contributed by atoms with Crippen molar-refractivity contribution in [2.24, 2.45) is 0 Å². The van der Waals surface area contributed by atoms with Crippen LogP contribution in [-0.2, 0) is 0 Å². The summed E-state index contributed by atoms with van der Waals surface area (Å²) in [6, 6.07) is 6.79. The molecule has 0 unspecified atom stereocenters. The lowest BCUT2D eigenvalue weighted by molar-refractivity contribution is 1.52. The highest BCUT2D eigenvalue weighted by atomic mass is 127. The monoisotopic (exact) mass is 359 g/mol. The first-order valence-electron chi connectivity index (χ1n) is 2.22. The molecule has 0 spiro atoms. The summed E-state index contributed by atoms with van der Waals surface area (Å²) >= 11 is 9.01. The van der Waals surface area contributed by atoms with Crippen molar-refractivity contribution < 1.29 is 0 Å². The minimum atomic E-state index is 1.05. The molecule has 9 heavy (non-hydrogen) atoms. The van der Waals surface area contributed by atoms with Gasteiger partial charge < -0.3 is 0 Å². The highest BCUT2D eigenvalue weighted by Crippen LogP contribution is 2.26. The van der Waals surface area contributed by atoms with E-state index in [2.05, 4.69) is 60.5 Å². The van der Waals surface area contributed by atoms with Gasteiger partial charge in [-0.25, -0.2) is 0 Å². The molecule has 1 radical (unpaired) electrons. The molecule has 0 fully saturated rings. The van der Waals surface area contributed by atoms with E-state index in [4.69, 9.17) is 0 Å². The summed E-state index contributed by atoms with van der Waals surface area (Å²) in [7, 11) is 0. The maximum atomic E-state index is 3.40. The van der Waals surface area contributed by atoms with Crippen LogP contribution in [0.15, 0.2) is 21.1 Å². The van der Waals surface area contributed by atoms with Crippen molar-refractivity contribution in [2.45, 2.75) is 0 Å². The maximum absolute atomic E-state index is 3.40. The highest BCUT2D eigenvalue weighted by molar-refractivity contribution is 14.1. The number of hydrogen-bond acceptors (Lipinski definition) is 0. The molecule has 0 aliphatic heterocycles. The Bertz CT molecular complexity index is 202. The Kier molecular flexibility index (Phi) is 2.98. The van der Waals surface area contributed by atoms with Crippen molar-refractivity contribution in [1.29, 1.82) is 0 Å². The van der Waals surface area contributed by atoms with Crippen molar-refractivity contribution in [3.05, 3.63) is 30.7 Å². The Morgan fingerprint density at radius 2 is 2.00 bits per heavy atom. The van der Waals surface area contributed by atoms with E-state index >= 15 is 0 Å². The highest BCUT2D eigenvalue weighted by Gasteiger charge is 1.97. The van der Waals surface area contributed by atoms with Gasteiger partial charge in [-0.2, -0.15) is 0 Å². The average molecular weight is 361 g/mol. The van der Waals surface area contributed by atoms with Gasteiger partial charge in [-0.15, -0.1) is 0 Å². The Balaban J connectivity index is 3.25. The molecule has 0 nitrogen and oxygen atoms in total. The fraction of sp³-hybridized carbons (Fsp3) is 0. The van der Waals surface area contributed by atoms with Gasteiger partial charge in [0.2, 0.25) is 0 Å². The number of rotatable bonds is 0. The zero-order chi connectivity index (χ0) is 6.85. The molecule has 1 aromatic rings. The third-order valence-electron chi connectivity index (χ3n) is 0.839. The molecule has 0 amide bonds. The third kappa shape index (κ3) is 1.91. The minimum Gasteiger partial charge on any atom is -0.0495 e. The lowest BCUT2D eigenvalue weighted by atomic mass is 10.4. The second-order valence-electron chi connectivity index (χ2n) is 1.47. The van der Waals surface area contributed by atoms with Gasteiger partial charge in [-0.05, 0) is 72.6 Å². The molecule has 0 aliphatic rings. The van der Waals surface area contributed by atoms with Crippen LogP contribution in [0.3, 0.4) is 0 Å². The Hall–Kier alpha value is 0.910. The van der Waals surface area contributed by atoms with Crippen LogP contribution in [0.5, 0.6) is 0 Å². The molecule has 0 bridgehead atoms. The molecule has 0 saturated carbocycles. The van der Waals surface area contributed by atoms with Crippen LogP contribution in [0.2, 0.25) is 0 Å². The van der Waals surface area contributed by atoms with Gasteiger partial charge in [-0.3, -0.25) is 0 Å². The molecule has 1 rings (SSSR count). The van der Waals surface area contributed by atoms with Gasteiger partial charge in [0.15, 0.2) is 0 Å². The third-order valence-corrected chi connectivity index (χ3v) is 4.44. The summed E-state index contributed by atoms with van der Waals surface area (Å²) in [6.07, 6.45) is 0. The van der Waals surface area contributed by atoms with Crippen LogP contribution in [0.1, 0.15) is 0 Å². The minimum absolute atomic E-state index is 1.05. The van der Waals surface area contributed by atoms with Crippen molar-refractivity contribution in [2.75, 3.05) is 0 Å². The van der Waals surface area contributed by atoms with E-state index in [1.54, 1.807) is 0 Å². The van der Waals surface area contributed by atoms with E-state index in [0.717, 1.165) is 8.95 Å². The van der Waals surface area contributed by atoms with Crippen LogP contribution >= 0.6 is 54.5 Å². The second-order valence-corrected chi connectivity index (χ2v) is 4.27. The van der Waals surface area contributed by atoms with Crippen LogP contribution in [0, 0.1) is 9.64 Å². The molecule has 0 N–H and O–H groups in total. The van der Waals surface area contributed by atoms with Crippen LogP contribution in [0.25, 0.3) is 0 Å². The second kappa shape index (κ2) is 3.34. The summed E-state index contributed by atoms with van der Waals surface area (Å²) in [5.74, 6) is 0. The van der Waals surface area contributed by atoms with Gasteiger partial charge in [0.25, 0.3) is 0 Å². The molecule has 0 atom stereocenters. The first-order chi connectivity index (χ1) is 4.22. The van der Waals surface area contributed by atoms with E-state index in [1.165, 1.54) is 3.57 Å². The lowest BCUT2D eigenvalue weighted by Crippen LogP contribution is -1.73. The number of halogens is 3. The molecule has 0 aliphatic carbocycles. The topological polar surface area (TPSA) is 0 Å². The summed E-state index contributed by atoms with van der Waals surface area (Å²) in [4.78, 5) is 0. The Morgan fingerprint density at radius 3 is 2.44 bits per heavy atom. The van der Waals surface area contributed by atoms with Gasteiger partial charge in [0.05, 0.1) is 0 Å². The average Bonchev–Trinajstić information content (AvgIpc) is 1.83. The lowest BCUT2D eigenvalue weighted by Gasteiger charge is -1.95. The number of hydrogen-bond donors (Lipinski definition) is 0. The summed E-state index contributed by atoms with van der Waals surface area (Å²) in [6.45, 7) is 0. The van der Waals surface area contributed by atoms with Crippen molar-refractivity contribution >= 4 is 54.5 Å². The van der Waals surface area contributed by atoms with Crippen molar-refractivity contribution in [1.82, 2.24) is 0 Å². The van der Waals surface area contributed by atoms with E-state index in [9.17, 15) is 0 Å². The fourth-order valence-electron chi connectivity index (χ4n) is 0.429. The Labute approximate surface area is 84.4 Å². The molecule has 47 valence electrons. The van der Waals surface area contributed by atoms with Crippen LogP contribution in [-0.4, -0.2) is 0 Å². The standard InChI is InChI=1S/C6H2Br2I/c7-4-2-1-3-5(9)6(4)8/h2-3H. The molecule has 1 aromatic carbocycles. The van der Waals surface area contributed by atoms with E-state index in [1.807, 2.05) is 12.1 Å². The van der Waals surface area contributed by atoms with E-state index in [0.29, 0.717) is 0 Å². The molecule has 0 aromatic heterocycles. The maximum Gasteiger partial charge on any atom is 0.0451 e. The largest absolute Gasteiger partial charge is 0.0495 e. The zero-order valence-corrected chi connectivity index (χ0v) is 9.62. The molecular weight excluding hydrogens is 359 g/mol. The van der Waals surface area contributed by atoms with Gasteiger partial charge in [0.1, 0.15) is 0 Å². The predicted molar refractivity (Wildman–Crippen MR) is 53.4 cm³/mol. The van der Waals surface area contributed by atoms with E-state index < -0.39 is 0 Å². The van der Waals surface area contributed by atoms with E-state index in [-0.39, 0.29) is 0 Å². The summed E-state index contributed by atoms with van der Waals surface area (Å²) < 4.78 is 3.32. The molecule has 0 saturated heterocycles. The smallest absolute Gasteiger partial charge is 0.0451 e. The first-order valence-corrected chi connectivity index (χ1v) is 4.89. The SMILES string of the molecule is Brc1c[c]cc(I)c1Br. The zero-order valence-electron chi connectivity index (χ0n) is 4.29. The molecular formula is C6H2Br2I. The fourth-order valence-corrected chi connectivity index (χ4v) is 1.84. The van der Waals surface area contributed by atoms with Crippen molar-refractivity contribution in [3.63, 3.8) is 0 Å². The summed E-state index contributed by atoms with van der Waals surface area (Å²) in [5.41, 5.74) is 0. The van der Waals surface area contributed by atoms with Crippen molar-refractivity contribution in [3.8, 4) is 0 Å². The van der Waals surface area contributed by atoms with Gasteiger partial charge in [0, 0.05) is 12.5 Å². The first kappa shape index (κ1) is 8.01. The quantitative estimate of drug-likeness (QED) is 0.490. The Morgan fingerprint density at radius 1 is 1.33 bits per heavy atom. The normalized spacial score (nSPS) is 9.67. The summed E-state index contributed by atoms with van der Waals surface area (Å²) in [5, 5.41) is 0. The predicted octanol–water partition coefficient (Wildman–Crippen LogP) is 3.62. The number of benzene rings is 1. The molecule has 0 heterocycles. The van der Waals surface area contributed by atoms with Crippen LogP contribution in [0.4, 0.5) is 0 Å². The van der Waals surface area contributed by atoms with Crippen LogP contribution < -0.4 is 0 Å².